The number of rotatable bonds is 10. The summed E-state index contributed by atoms with van der Waals surface area (Å²) in [5.41, 5.74) is 3.12. The number of benzene rings is 1. The molecule has 0 aliphatic rings. The summed E-state index contributed by atoms with van der Waals surface area (Å²) in [7, 11) is 3.54. The number of allylic oxidation sites excluding steroid dienone is 1. The van der Waals surface area contributed by atoms with E-state index in [-0.39, 0.29) is 12.0 Å². The fraction of sp³-hybridized carbons (Fsp3) is 0.304. The number of hydrogen-bond donors (Lipinski definition) is 3. The molecule has 7 heteroatoms. The summed E-state index contributed by atoms with van der Waals surface area (Å²) < 4.78 is 1.59. The van der Waals surface area contributed by atoms with Crippen molar-refractivity contribution in [2.75, 3.05) is 7.05 Å². The number of aliphatic imine (C=N–C) groups is 1. The molecule has 0 aliphatic carbocycles. The van der Waals surface area contributed by atoms with Crippen molar-refractivity contribution in [3.05, 3.63) is 52.5 Å². The van der Waals surface area contributed by atoms with Crippen LogP contribution < -0.4 is 5.32 Å². The predicted molar refractivity (Wildman–Crippen MR) is 123 cm³/mol. The Bertz CT molecular complexity index is 994. The van der Waals surface area contributed by atoms with Crippen molar-refractivity contribution < 1.29 is 5.11 Å². The number of aryl methyl sites for hydroxylation is 1. The summed E-state index contributed by atoms with van der Waals surface area (Å²) in [5.74, 6) is 0.624. The Kier molecular flexibility index (Phi) is 8.73. The highest BCUT2D eigenvalue weighted by atomic mass is 16.3. The fourth-order valence-electron chi connectivity index (χ4n) is 2.83. The van der Waals surface area contributed by atoms with Gasteiger partial charge < -0.3 is 10.5 Å². The Morgan fingerprint density at radius 1 is 1.40 bits per heavy atom. The molecule has 30 heavy (non-hydrogen) atoms. The SMILES string of the molecule is CNC(CCCC#N)N=CC(C=N)=Cc1nc(/C=C/c2ccccc2C)n(C)c1O. The second-order valence-electron chi connectivity index (χ2n) is 6.85. The van der Waals surface area contributed by atoms with Crippen LogP contribution in [0.4, 0.5) is 0 Å². The van der Waals surface area contributed by atoms with Gasteiger partial charge in [-0.3, -0.25) is 14.9 Å². The van der Waals surface area contributed by atoms with Crippen molar-refractivity contribution in [3.63, 3.8) is 0 Å². The number of nitrogens with one attached hydrogen (secondary N) is 2. The molecule has 0 aliphatic heterocycles. The van der Waals surface area contributed by atoms with Gasteiger partial charge in [0.05, 0.1) is 12.2 Å². The van der Waals surface area contributed by atoms with Crippen LogP contribution >= 0.6 is 0 Å². The first-order valence-corrected chi connectivity index (χ1v) is 9.79. The van der Waals surface area contributed by atoms with Gasteiger partial charge in [-0.2, -0.15) is 5.26 Å². The van der Waals surface area contributed by atoms with Crippen molar-refractivity contribution in [2.45, 2.75) is 32.4 Å². The molecule has 0 bridgehead atoms. The van der Waals surface area contributed by atoms with Gasteiger partial charge in [0, 0.05) is 31.5 Å². The van der Waals surface area contributed by atoms with Crippen LogP contribution in [0, 0.1) is 23.7 Å². The first-order chi connectivity index (χ1) is 14.5. The lowest BCUT2D eigenvalue weighted by Gasteiger charge is -2.09. The van der Waals surface area contributed by atoms with Gasteiger partial charge in [-0.15, -0.1) is 0 Å². The number of aromatic hydroxyl groups is 1. The van der Waals surface area contributed by atoms with E-state index < -0.39 is 0 Å². The number of nitriles is 1. The molecule has 1 aromatic heterocycles. The molecule has 1 heterocycles. The summed E-state index contributed by atoms with van der Waals surface area (Å²) in [5, 5.41) is 29.8. The van der Waals surface area contributed by atoms with Gasteiger partial charge in [0.15, 0.2) is 0 Å². The zero-order valence-corrected chi connectivity index (χ0v) is 17.6. The Morgan fingerprint density at radius 3 is 2.83 bits per heavy atom. The van der Waals surface area contributed by atoms with Crippen LogP contribution in [0.5, 0.6) is 5.88 Å². The first kappa shape index (κ1) is 22.8. The number of unbranched alkanes of at least 4 members (excludes halogenated alkanes) is 1. The van der Waals surface area contributed by atoms with Crippen LogP contribution in [-0.4, -0.2) is 40.3 Å². The third-order valence-electron chi connectivity index (χ3n) is 4.70. The largest absolute Gasteiger partial charge is 0.493 e. The van der Waals surface area contributed by atoms with Crippen LogP contribution in [-0.2, 0) is 7.05 Å². The molecule has 2 aromatic rings. The summed E-state index contributed by atoms with van der Waals surface area (Å²) in [6.07, 6.45) is 10.0. The van der Waals surface area contributed by atoms with Crippen molar-refractivity contribution in [3.8, 4) is 11.9 Å². The summed E-state index contributed by atoms with van der Waals surface area (Å²) in [4.78, 5) is 8.91. The summed E-state index contributed by atoms with van der Waals surface area (Å²) in [6, 6.07) is 10.2. The lowest BCUT2D eigenvalue weighted by Crippen LogP contribution is -2.22. The van der Waals surface area contributed by atoms with E-state index >= 15 is 0 Å². The van der Waals surface area contributed by atoms with Crippen LogP contribution in [0.15, 0.2) is 34.8 Å². The average Bonchev–Trinajstić information content (AvgIpc) is 3.02. The molecule has 1 atom stereocenters. The molecule has 1 unspecified atom stereocenters. The van der Waals surface area contributed by atoms with Gasteiger partial charge in [0.1, 0.15) is 11.5 Å². The molecule has 0 amide bonds. The molecule has 1 aromatic carbocycles. The minimum atomic E-state index is -0.133. The number of imidazole rings is 1. The zero-order chi connectivity index (χ0) is 21.9. The monoisotopic (exact) mass is 404 g/mol. The number of aromatic nitrogens is 2. The van der Waals surface area contributed by atoms with Crippen molar-refractivity contribution in [2.24, 2.45) is 12.0 Å². The highest BCUT2D eigenvalue weighted by molar-refractivity contribution is 6.07. The predicted octanol–water partition coefficient (Wildman–Crippen LogP) is 3.95. The van der Waals surface area contributed by atoms with Crippen LogP contribution in [0.25, 0.3) is 18.2 Å². The molecule has 0 fully saturated rings. The van der Waals surface area contributed by atoms with E-state index in [2.05, 4.69) is 21.4 Å². The lowest BCUT2D eigenvalue weighted by atomic mass is 10.1. The minimum absolute atomic E-state index is 0.0198. The van der Waals surface area contributed by atoms with E-state index in [9.17, 15) is 5.11 Å². The number of hydrogen-bond acceptors (Lipinski definition) is 6. The maximum atomic E-state index is 10.4. The van der Waals surface area contributed by atoms with Gasteiger partial charge in [-0.1, -0.05) is 30.3 Å². The van der Waals surface area contributed by atoms with E-state index in [0.717, 1.165) is 24.0 Å². The molecule has 2 rings (SSSR count). The van der Waals surface area contributed by atoms with E-state index in [1.54, 1.807) is 31.0 Å². The molecule has 0 spiro atoms. The van der Waals surface area contributed by atoms with Gasteiger partial charge in [0.2, 0.25) is 5.88 Å². The maximum Gasteiger partial charge on any atom is 0.219 e. The van der Waals surface area contributed by atoms with Crippen LogP contribution in [0.2, 0.25) is 0 Å². The summed E-state index contributed by atoms with van der Waals surface area (Å²) in [6.45, 7) is 2.04. The number of nitrogens with zero attached hydrogens (tertiary/aromatic N) is 4. The molecule has 156 valence electrons. The van der Waals surface area contributed by atoms with Crippen molar-refractivity contribution in [1.82, 2.24) is 14.9 Å². The van der Waals surface area contributed by atoms with E-state index in [0.29, 0.717) is 23.5 Å². The van der Waals surface area contributed by atoms with Gasteiger partial charge in [-0.25, -0.2) is 4.98 Å². The van der Waals surface area contributed by atoms with Gasteiger partial charge in [0.25, 0.3) is 0 Å². The molecule has 0 radical (unpaired) electrons. The lowest BCUT2D eigenvalue weighted by molar-refractivity contribution is 0.430. The molecule has 7 nitrogen and oxygen atoms in total. The standard InChI is InChI=1S/C23H28N6O/c1-17-8-4-5-9-19(17)11-12-22-28-20(23(30)29(22)3)14-18(15-25)16-27-21(26-2)10-6-7-13-24/h4-5,8-9,11-12,14-16,21,25-26,30H,6-7,10H2,1-3H3/b12-11+,18-14?,25-15?,27-16?. The first-order valence-electron chi connectivity index (χ1n) is 9.79. The van der Waals surface area contributed by atoms with Crippen LogP contribution in [0.3, 0.4) is 0 Å². The highest BCUT2D eigenvalue weighted by Gasteiger charge is 2.11. The molecule has 0 saturated heterocycles. The quantitative estimate of drug-likeness (QED) is 0.411. The second-order valence-corrected chi connectivity index (χ2v) is 6.85. The van der Waals surface area contributed by atoms with E-state index in [4.69, 9.17) is 10.7 Å². The topological polar surface area (TPSA) is 110 Å². The Morgan fingerprint density at radius 2 is 2.17 bits per heavy atom. The Labute approximate surface area is 177 Å². The third kappa shape index (κ3) is 6.26. The summed E-state index contributed by atoms with van der Waals surface area (Å²) >= 11 is 0. The smallest absolute Gasteiger partial charge is 0.219 e. The minimum Gasteiger partial charge on any atom is -0.493 e. The fourth-order valence-corrected chi connectivity index (χ4v) is 2.83. The van der Waals surface area contributed by atoms with E-state index in [1.165, 1.54) is 6.21 Å². The second kappa shape index (κ2) is 11.5. The third-order valence-corrected chi connectivity index (χ3v) is 4.70. The molecular formula is C23H28N6O. The molecule has 3 N–H and O–H groups in total. The van der Waals surface area contributed by atoms with Crippen LogP contribution in [0.1, 0.15) is 41.9 Å². The normalized spacial score (nSPS) is 13.1. The van der Waals surface area contributed by atoms with Gasteiger partial charge >= 0.3 is 0 Å². The zero-order valence-electron chi connectivity index (χ0n) is 17.6. The molecule has 0 saturated carbocycles. The maximum absolute atomic E-state index is 10.4. The average molecular weight is 405 g/mol. The van der Waals surface area contributed by atoms with Crippen molar-refractivity contribution in [1.29, 1.82) is 10.7 Å². The highest BCUT2D eigenvalue weighted by Crippen LogP contribution is 2.22. The Balaban J connectivity index is 2.21. The van der Waals surface area contributed by atoms with E-state index in [1.807, 2.05) is 43.3 Å². The van der Waals surface area contributed by atoms with Gasteiger partial charge in [-0.05, 0) is 50.1 Å². The molecular weight excluding hydrogens is 376 g/mol. The Hall–Kier alpha value is -3.50. The van der Waals surface area contributed by atoms with Crippen molar-refractivity contribution >= 4 is 30.7 Å².